The average Bonchev–Trinajstić information content (AvgIpc) is 1.98. The lowest BCUT2D eigenvalue weighted by molar-refractivity contribution is -0.122. The van der Waals surface area contributed by atoms with Crippen LogP contribution in [0.2, 0.25) is 0 Å². The Balaban J connectivity index is 2.56. The van der Waals surface area contributed by atoms with E-state index in [1.54, 1.807) is 14.0 Å². The molecule has 0 bridgehead atoms. The van der Waals surface area contributed by atoms with E-state index in [9.17, 15) is 4.79 Å². The Bertz CT molecular complexity index is 190. The van der Waals surface area contributed by atoms with Gasteiger partial charge in [0.15, 0.2) is 0 Å². The number of nitrogens with one attached hydrogen (secondary N) is 2. The number of rotatable bonds is 2. The fourth-order valence-corrected chi connectivity index (χ4v) is 0.773. The maximum absolute atomic E-state index is 10.8. The van der Waals surface area contributed by atoms with Crippen LogP contribution in [-0.2, 0) is 9.53 Å². The number of amidine groups is 1. The first-order valence-electron chi connectivity index (χ1n) is 3.35. The average molecular weight is 157 g/mol. The Morgan fingerprint density at radius 1 is 1.64 bits per heavy atom. The Morgan fingerprint density at radius 2 is 2.36 bits per heavy atom. The van der Waals surface area contributed by atoms with Crippen molar-refractivity contribution in [3.05, 3.63) is 0 Å². The molecule has 0 aromatic heterocycles. The Kier molecular flexibility index (Phi) is 2.43. The fraction of sp³-hybridized carbons (Fsp3) is 0.667. The van der Waals surface area contributed by atoms with Crippen LogP contribution < -0.4 is 10.9 Å². The van der Waals surface area contributed by atoms with Crippen molar-refractivity contribution in [2.45, 2.75) is 13.0 Å². The van der Waals surface area contributed by atoms with E-state index >= 15 is 0 Å². The monoisotopic (exact) mass is 157 g/mol. The summed E-state index contributed by atoms with van der Waals surface area (Å²) in [6.45, 7) is 2.12. The van der Waals surface area contributed by atoms with Crippen molar-refractivity contribution in [2.75, 3.05) is 13.7 Å². The second-order valence-electron chi connectivity index (χ2n) is 2.30. The lowest BCUT2D eigenvalue weighted by atomic mass is 10.3. The summed E-state index contributed by atoms with van der Waals surface area (Å²) in [6.07, 6.45) is 0. The lowest BCUT2D eigenvalue weighted by Gasteiger charge is -2.18. The zero-order chi connectivity index (χ0) is 8.27. The quantitative estimate of drug-likeness (QED) is 0.543. The summed E-state index contributed by atoms with van der Waals surface area (Å²) in [5.41, 5.74) is 5.09. The SMILES string of the molecule is COCC1=NC(C)C(=O)NN1. The van der Waals surface area contributed by atoms with Crippen LogP contribution in [0.25, 0.3) is 0 Å². The van der Waals surface area contributed by atoms with Gasteiger partial charge < -0.3 is 4.74 Å². The van der Waals surface area contributed by atoms with Gasteiger partial charge in [0.25, 0.3) is 5.91 Å². The molecule has 1 atom stereocenters. The normalized spacial score (nSPS) is 23.6. The molecule has 0 radical (unpaired) electrons. The van der Waals surface area contributed by atoms with Gasteiger partial charge in [0.1, 0.15) is 18.5 Å². The van der Waals surface area contributed by atoms with Crippen molar-refractivity contribution in [3.8, 4) is 0 Å². The number of nitrogens with zero attached hydrogens (tertiary/aromatic N) is 1. The first-order chi connectivity index (χ1) is 5.24. The summed E-state index contributed by atoms with van der Waals surface area (Å²) >= 11 is 0. The van der Waals surface area contributed by atoms with Crippen molar-refractivity contribution >= 4 is 11.7 Å². The molecule has 1 unspecified atom stereocenters. The molecule has 62 valence electrons. The van der Waals surface area contributed by atoms with Gasteiger partial charge in [-0.3, -0.25) is 20.6 Å². The molecule has 5 heteroatoms. The van der Waals surface area contributed by atoms with Crippen LogP contribution in [0.3, 0.4) is 0 Å². The first kappa shape index (κ1) is 8.00. The summed E-state index contributed by atoms with van der Waals surface area (Å²) in [6, 6.07) is -0.318. The number of methoxy groups -OCH3 is 1. The largest absolute Gasteiger partial charge is 0.377 e. The fourth-order valence-electron chi connectivity index (χ4n) is 0.773. The van der Waals surface area contributed by atoms with E-state index in [4.69, 9.17) is 4.74 Å². The zero-order valence-electron chi connectivity index (χ0n) is 6.55. The van der Waals surface area contributed by atoms with E-state index in [0.29, 0.717) is 12.4 Å². The summed E-state index contributed by atoms with van der Waals surface area (Å²) in [7, 11) is 1.57. The highest BCUT2D eigenvalue weighted by molar-refractivity contribution is 5.93. The van der Waals surface area contributed by atoms with Crippen molar-refractivity contribution in [1.82, 2.24) is 10.9 Å². The van der Waals surface area contributed by atoms with E-state index in [2.05, 4.69) is 15.8 Å². The molecule has 1 rings (SSSR count). The molecule has 0 saturated heterocycles. The van der Waals surface area contributed by atoms with Crippen LogP contribution in [0.5, 0.6) is 0 Å². The van der Waals surface area contributed by atoms with Crippen molar-refractivity contribution < 1.29 is 9.53 Å². The van der Waals surface area contributed by atoms with Crippen molar-refractivity contribution in [1.29, 1.82) is 0 Å². The van der Waals surface area contributed by atoms with E-state index < -0.39 is 0 Å². The smallest absolute Gasteiger partial charge is 0.262 e. The molecule has 0 saturated carbocycles. The summed E-state index contributed by atoms with van der Waals surface area (Å²) in [5.74, 6) is 0.532. The van der Waals surface area contributed by atoms with Crippen LogP contribution in [0, 0.1) is 0 Å². The molecular weight excluding hydrogens is 146 g/mol. The highest BCUT2D eigenvalue weighted by atomic mass is 16.5. The standard InChI is InChI=1S/C6H11N3O2/c1-4-6(10)9-8-5(7-4)3-11-2/h4H,3H2,1-2H3,(H,7,8)(H,9,10). The third-order valence-corrected chi connectivity index (χ3v) is 1.34. The van der Waals surface area contributed by atoms with Gasteiger partial charge in [0, 0.05) is 7.11 Å². The number of amides is 1. The topological polar surface area (TPSA) is 62.7 Å². The maximum Gasteiger partial charge on any atom is 0.262 e. The Morgan fingerprint density at radius 3 is 2.91 bits per heavy atom. The van der Waals surface area contributed by atoms with Gasteiger partial charge in [-0.15, -0.1) is 0 Å². The molecule has 0 spiro atoms. The molecule has 11 heavy (non-hydrogen) atoms. The second kappa shape index (κ2) is 3.34. The van der Waals surface area contributed by atoms with Gasteiger partial charge in [0.05, 0.1) is 0 Å². The van der Waals surface area contributed by atoms with Crippen LogP contribution in [-0.4, -0.2) is 31.5 Å². The van der Waals surface area contributed by atoms with Crippen molar-refractivity contribution in [2.24, 2.45) is 4.99 Å². The van der Waals surface area contributed by atoms with Crippen LogP contribution in [0.4, 0.5) is 0 Å². The van der Waals surface area contributed by atoms with Gasteiger partial charge >= 0.3 is 0 Å². The summed E-state index contributed by atoms with van der Waals surface area (Å²) < 4.78 is 4.82. The number of aliphatic imine (C=N–C) groups is 1. The highest BCUT2D eigenvalue weighted by Crippen LogP contribution is 1.93. The first-order valence-corrected chi connectivity index (χ1v) is 3.35. The maximum atomic E-state index is 10.8. The predicted octanol–water partition coefficient (Wildman–Crippen LogP) is -0.946. The number of carbonyl (C=O) groups is 1. The molecule has 0 aromatic carbocycles. The predicted molar refractivity (Wildman–Crippen MR) is 40.1 cm³/mol. The molecule has 5 nitrogen and oxygen atoms in total. The summed E-state index contributed by atoms with van der Waals surface area (Å²) in [5, 5.41) is 0. The van der Waals surface area contributed by atoms with Gasteiger partial charge in [0.2, 0.25) is 0 Å². The number of ether oxygens (including phenoxy) is 1. The minimum atomic E-state index is -0.318. The Labute approximate surface area is 64.8 Å². The van der Waals surface area contributed by atoms with Crippen molar-refractivity contribution in [3.63, 3.8) is 0 Å². The number of hydrogen-bond donors (Lipinski definition) is 2. The number of carbonyl (C=O) groups excluding carboxylic acids is 1. The van der Waals surface area contributed by atoms with E-state index in [0.717, 1.165) is 0 Å². The lowest BCUT2D eigenvalue weighted by Crippen LogP contribution is -2.51. The van der Waals surface area contributed by atoms with E-state index in [1.165, 1.54) is 0 Å². The molecule has 0 aromatic rings. The zero-order valence-corrected chi connectivity index (χ0v) is 6.55. The van der Waals surface area contributed by atoms with Crippen LogP contribution in [0.15, 0.2) is 4.99 Å². The van der Waals surface area contributed by atoms with E-state index in [-0.39, 0.29) is 11.9 Å². The Hall–Kier alpha value is -1.10. The molecule has 0 fully saturated rings. The van der Waals surface area contributed by atoms with Gasteiger partial charge in [-0.05, 0) is 6.92 Å². The molecule has 1 heterocycles. The molecule has 1 aliphatic rings. The molecule has 2 N–H and O–H groups in total. The molecule has 1 aliphatic heterocycles. The van der Waals surface area contributed by atoms with E-state index in [1.807, 2.05) is 0 Å². The molecule has 1 amide bonds. The number of hydrogen-bond acceptors (Lipinski definition) is 4. The minimum Gasteiger partial charge on any atom is -0.377 e. The third-order valence-electron chi connectivity index (χ3n) is 1.34. The molecular formula is C6H11N3O2. The van der Waals surface area contributed by atoms with Gasteiger partial charge in [-0.2, -0.15) is 0 Å². The minimum absolute atomic E-state index is 0.121. The molecule has 0 aliphatic carbocycles. The highest BCUT2D eigenvalue weighted by Gasteiger charge is 2.17. The second-order valence-corrected chi connectivity index (χ2v) is 2.30. The summed E-state index contributed by atoms with van der Waals surface area (Å²) in [4.78, 5) is 14.8. The van der Waals surface area contributed by atoms with Gasteiger partial charge in [-0.1, -0.05) is 0 Å². The third kappa shape index (κ3) is 1.91. The van der Waals surface area contributed by atoms with Gasteiger partial charge in [-0.25, -0.2) is 0 Å². The van der Waals surface area contributed by atoms with Crippen LogP contribution >= 0.6 is 0 Å². The number of hydrazine groups is 1. The van der Waals surface area contributed by atoms with Crippen LogP contribution in [0.1, 0.15) is 6.92 Å².